The van der Waals surface area contributed by atoms with Crippen molar-refractivity contribution >= 4 is 0 Å². The van der Waals surface area contributed by atoms with Crippen LogP contribution in [0.5, 0.6) is 0 Å². The lowest BCUT2D eigenvalue weighted by atomic mass is 9.86. The van der Waals surface area contributed by atoms with Gasteiger partial charge in [-0.15, -0.1) is 0 Å². The molecule has 1 aliphatic heterocycles. The van der Waals surface area contributed by atoms with E-state index in [0.29, 0.717) is 5.41 Å². The minimum Gasteiger partial charge on any atom is -0.381 e. The Labute approximate surface area is 113 Å². The second-order valence-corrected chi connectivity index (χ2v) is 6.40. The molecule has 0 saturated carbocycles. The summed E-state index contributed by atoms with van der Waals surface area (Å²) in [4.78, 5) is 2.49. The Balaban J connectivity index is 2.36. The molecule has 3 heteroatoms. The third kappa shape index (κ3) is 5.68. The van der Waals surface area contributed by atoms with Crippen molar-refractivity contribution in [2.75, 3.05) is 46.4 Å². The zero-order valence-electron chi connectivity index (χ0n) is 12.8. The summed E-state index contributed by atoms with van der Waals surface area (Å²) in [5, 5.41) is 3.58. The molecule has 0 aromatic carbocycles. The number of nitrogens with one attached hydrogen (secondary N) is 1. The molecule has 0 radical (unpaired) electrons. The normalized spacial score (nSPS) is 24.3. The average molecular weight is 256 g/mol. The summed E-state index contributed by atoms with van der Waals surface area (Å²) >= 11 is 0. The van der Waals surface area contributed by atoms with Crippen LogP contribution >= 0.6 is 0 Å². The topological polar surface area (TPSA) is 24.5 Å². The van der Waals surface area contributed by atoms with Gasteiger partial charge < -0.3 is 15.0 Å². The first-order valence-corrected chi connectivity index (χ1v) is 7.55. The van der Waals surface area contributed by atoms with Gasteiger partial charge in [-0.3, -0.25) is 0 Å². The van der Waals surface area contributed by atoms with Gasteiger partial charge in [-0.1, -0.05) is 20.8 Å². The number of ether oxygens (including phenoxy) is 1. The zero-order valence-corrected chi connectivity index (χ0v) is 12.8. The molecular weight excluding hydrogens is 224 g/mol. The SMILES string of the molecule is CCCNCC1(CN(C)CCC(C)C)CCOC1. The lowest BCUT2D eigenvalue weighted by Crippen LogP contribution is -2.44. The average Bonchev–Trinajstić information content (AvgIpc) is 2.76. The van der Waals surface area contributed by atoms with Crippen molar-refractivity contribution < 1.29 is 4.74 Å². The summed E-state index contributed by atoms with van der Waals surface area (Å²) < 4.78 is 5.65. The Morgan fingerprint density at radius 3 is 2.72 bits per heavy atom. The summed E-state index contributed by atoms with van der Waals surface area (Å²) in [6.45, 7) is 13.3. The third-order valence-corrected chi connectivity index (χ3v) is 3.81. The smallest absolute Gasteiger partial charge is 0.0547 e. The van der Waals surface area contributed by atoms with E-state index < -0.39 is 0 Å². The maximum Gasteiger partial charge on any atom is 0.0547 e. The standard InChI is InChI=1S/C15H32N2O/c1-5-8-16-11-15(7-10-18-13-15)12-17(4)9-6-14(2)3/h14,16H,5-13H2,1-4H3. The van der Waals surface area contributed by atoms with E-state index in [0.717, 1.165) is 38.8 Å². The van der Waals surface area contributed by atoms with E-state index in [4.69, 9.17) is 4.74 Å². The van der Waals surface area contributed by atoms with Gasteiger partial charge >= 0.3 is 0 Å². The molecule has 0 amide bonds. The van der Waals surface area contributed by atoms with Crippen molar-refractivity contribution in [1.29, 1.82) is 0 Å². The lowest BCUT2D eigenvalue weighted by Gasteiger charge is -2.33. The molecule has 0 spiro atoms. The van der Waals surface area contributed by atoms with E-state index >= 15 is 0 Å². The molecule has 1 saturated heterocycles. The van der Waals surface area contributed by atoms with Crippen LogP contribution in [0.4, 0.5) is 0 Å². The Hall–Kier alpha value is -0.120. The molecule has 1 rings (SSSR count). The maximum atomic E-state index is 5.65. The van der Waals surface area contributed by atoms with Gasteiger partial charge in [0.15, 0.2) is 0 Å². The minimum atomic E-state index is 0.348. The van der Waals surface area contributed by atoms with Crippen LogP contribution in [-0.4, -0.2) is 51.3 Å². The van der Waals surface area contributed by atoms with E-state index in [9.17, 15) is 0 Å². The quantitative estimate of drug-likeness (QED) is 0.641. The molecule has 0 bridgehead atoms. The van der Waals surface area contributed by atoms with Gasteiger partial charge in [0, 0.05) is 25.1 Å². The predicted octanol–water partition coefficient (Wildman–Crippen LogP) is 2.37. The molecule has 18 heavy (non-hydrogen) atoms. The van der Waals surface area contributed by atoms with E-state index in [1.165, 1.54) is 25.8 Å². The van der Waals surface area contributed by atoms with Crippen LogP contribution in [0.3, 0.4) is 0 Å². The van der Waals surface area contributed by atoms with Crippen molar-refractivity contribution in [3.63, 3.8) is 0 Å². The fourth-order valence-electron chi connectivity index (χ4n) is 2.63. The Morgan fingerprint density at radius 1 is 1.39 bits per heavy atom. The fraction of sp³-hybridized carbons (Fsp3) is 1.00. The molecule has 1 unspecified atom stereocenters. The van der Waals surface area contributed by atoms with Crippen LogP contribution in [0.2, 0.25) is 0 Å². The Kier molecular flexibility index (Phi) is 7.20. The molecule has 1 heterocycles. The second kappa shape index (κ2) is 8.13. The van der Waals surface area contributed by atoms with Crippen LogP contribution in [0.25, 0.3) is 0 Å². The molecule has 3 nitrogen and oxygen atoms in total. The van der Waals surface area contributed by atoms with E-state index in [1.807, 2.05) is 0 Å². The maximum absolute atomic E-state index is 5.65. The van der Waals surface area contributed by atoms with Gasteiger partial charge in [-0.25, -0.2) is 0 Å². The predicted molar refractivity (Wildman–Crippen MR) is 78.0 cm³/mol. The van der Waals surface area contributed by atoms with E-state index in [1.54, 1.807) is 0 Å². The van der Waals surface area contributed by atoms with Gasteiger partial charge in [0.2, 0.25) is 0 Å². The first-order chi connectivity index (χ1) is 8.58. The highest BCUT2D eigenvalue weighted by Gasteiger charge is 2.35. The van der Waals surface area contributed by atoms with Crippen LogP contribution in [-0.2, 0) is 4.74 Å². The zero-order chi connectivity index (χ0) is 13.4. The largest absolute Gasteiger partial charge is 0.381 e. The molecule has 0 aromatic heterocycles. The van der Waals surface area contributed by atoms with Crippen molar-refractivity contribution in [2.24, 2.45) is 11.3 Å². The van der Waals surface area contributed by atoms with Crippen LogP contribution < -0.4 is 5.32 Å². The molecule has 1 N–H and O–H groups in total. The highest BCUT2D eigenvalue weighted by Crippen LogP contribution is 2.29. The first kappa shape index (κ1) is 15.9. The lowest BCUT2D eigenvalue weighted by molar-refractivity contribution is 0.117. The summed E-state index contributed by atoms with van der Waals surface area (Å²) in [5.41, 5.74) is 0.348. The van der Waals surface area contributed by atoms with Crippen molar-refractivity contribution in [3.05, 3.63) is 0 Å². The van der Waals surface area contributed by atoms with Crippen LogP contribution in [0.15, 0.2) is 0 Å². The summed E-state index contributed by atoms with van der Waals surface area (Å²) in [5.74, 6) is 0.793. The summed E-state index contributed by atoms with van der Waals surface area (Å²) in [6, 6.07) is 0. The monoisotopic (exact) mass is 256 g/mol. The second-order valence-electron chi connectivity index (χ2n) is 6.40. The van der Waals surface area contributed by atoms with Crippen molar-refractivity contribution in [1.82, 2.24) is 10.2 Å². The molecule has 1 fully saturated rings. The van der Waals surface area contributed by atoms with Crippen LogP contribution in [0.1, 0.15) is 40.0 Å². The number of rotatable bonds is 9. The van der Waals surface area contributed by atoms with Gasteiger partial charge in [0.1, 0.15) is 0 Å². The molecule has 0 aromatic rings. The van der Waals surface area contributed by atoms with E-state index in [2.05, 4.69) is 38.0 Å². The molecule has 0 aliphatic carbocycles. The molecular formula is C15H32N2O. The summed E-state index contributed by atoms with van der Waals surface area (Å²) in [6.07, 6.45) is 3.70. The van der Waals surface area contributed by atoms with Gasteiger partial charge in [0.25, 0.3) is 0 Å². The number of nitrogens with zero attached hydrogens (tertiary/aromatic N) is 1. The fourth-order valence-corrected chi connectivity index (χ4v) is 2.63. The third-order valence-electron chi connectivity index (χ3n) is 3.81. The molecule has 108 valence electrons. The van der Waals surface area contributed by atoms with Crippen LogP contribution in [0, 0.1) is 11.3 Å². The van der Waals surface area contributed by atoms with Gasteiger partial charge in [-0.05, 0) is 45.3 Å². The molecule has 1 atom stereocenters. The minimum absolute atomic E-state index is 0.348. The highest BCUT2D eigenvalue weighted by atomic mass is 16.5. The van der Waals surface area contributed by atoms with Gasteiger partial charge in [0.05, 0.1) is 6.61 Å². The number of hydrogen-bond donors (Lipinski definition) is 1. The Bertz CT molecular complexity index is 213. The van der Waals surface area contributed by atoms with Crippen molar-refractivity contribution in [3.8, 4) is 0 Å². The first-order valence-electron chi connectivity index (χ1n) is 7.55. The number of hydrogen-bond acceptors (Lipinski definition) is 3. The van der Waals surface area contributed by atoms with E-state index in [-0.39, 0.29) is 0 Å². The highest BCUT2D eigenvalue weighted by molar-refractivity contribution is 4.88. The van der Waals surface area contributed by atoms with Crippen molar-refractivity contribution in [2.45, 2.75) is 40.0 Å². The summed E-state index contributed by atoms with van der Waals surface area (Å²) in [7, 11) is 2.25. The Morgan fingerprint density at radius 2 is 2.17 bits per heavy atom. The molecule has 1 aliphatic rings. The van der Waals surface area contributed by atoms with Gasteiger partial charge in [-0.2, -0.15) is 0 Å².